The first kappa shape index (κ1) is 9.10. The molecule has 0 unspecified atom stereocenters. The quantitative estimate of drug-likeness (QED) is 0.653. The van der Waals surface area contributed by atoms with Gasteiger partial charge < -0.3 is 0 Å². The fraction of sp³-hybridized carbons (Fsp3) is 0. The smallest absolute Gasteiger partial charge is 0.194 e. The molecule has 1 heteroatoms. The summed E-state index contributed by atoms with van der Waals surface area (Å²) in [5, 5.41) is 0. The first-order valence-electron chi connectivity index (χ1n) is 5.27. The summed E-state index contributed by atoms with van der Waals surface area (Å²) in [6, 6.07) is 17.6. The highest BCUT2D eigenvalue weighted by molar-refractivity contribution is 6.42. The first-order chi connectivity index (χ1) is 7.86. The van der Waals surface area contributed by atoms with Gasteiger partial charge >= 0.3 is 0 Å². The van der Waals surface area contributed by atoms with Crippen molar-refractivity contribution in [2.75, 3.05) is 0 Å². The average molecular weight is 206 g/mol. The summed E-state index contributed by atoms with van der Waals surface area (Å²) in [6.07, 6.45) is 1.95. The normalized spacial score (nSPS) is 15.8. The monoisotopic (exact) mass is 206 g/mol. The Morgan fingerprint density at radius 2 is 1.38 bits per heavy atom. The summed E-state index contributed by atoms with van der Waals surface area (Å²) in [5.41, 5.74) is 3.79. The summed E-state index contributed by atoms with van der Waals surface area (Å²) < 4.78 is 0. The number of Topliss-reactive ketones (excluding diaryl/α,β-unsaturated/α-hetero) is 1. The van der Waals surface area contributed by atoms with E-state index in [2.05, 4.69) is 0 Å². The zero-order valence-electron chi connectivity index (χ0n) is 8.68. The lowest BCUT2D eigenvalue weighted by molar-refractivity contribution is 0.104. The van der Waals surface area contributed by atoms with Gasteiger partial charge in [0.2, 0.25) is 0 Å². The van der Waals surface area contributed by atoms with Crippen LogP contribution in [-0.2, 0) is 0 Å². The van der Waals surface area contributed by atoms with Crippen LogP contribution in [0.25, 0.3) is 11.6 Å². The zero-order valence-corrected chi connectivity index (χ0v) is 8.68. The number of carbonyl (C=O) groups excluding carboxylic acids is 1. The van der Waals surface area contributed by atoms with Gasteiger partial charge in [0.05, 0.1) is 0 Å². The van der Waals surface area contributed by atoms with Crippen molar-refractivity contribution in [3.63, 3.8) is 0 Å². The van der Waals surface area contributed by atoms with Crippen LogP contribution in [-0.4, -0.2) is 5.78 Å². The summed E-state index contributed by atoms with van der Waals surface area (Å²) in [4.78, 5) is 11.8. The van der Waals surface area contributed by atoms with Crippen molar-refractivity contribution >= 4 is 17.4 Å². The number of hydrogen-bond acceptors (Lipinski definition) is 1. The van der Waals surface area contributed by atoms with E-state index in [0.29, 0.717) is 0 Å². The largest absolute Gasteiger partial charge is 0.289 e. The van der Waals surface area contributed by atoms with E-state index in [1.165, 1.54) is 0 Å². The molecule has 3 rings (SSSR count). The third-order valence-electron chi connectivity index (χ3n) is 2.82. The highest BCUT2D eigenvalue weighted by Gasteiger charge is 2.28. The standard InChI is InChI=1S/C15H10O/c16-15-13-9-5-4-8-12(13)14(15)10-11-6-2-1-3-7-11/h1-10H. The van der Waals surface area contributed by atoms with Gasteiger partial charge in [-0.15, -0.1) is 0 Å². The van der Waals surface area contributed by atoms with Crippen molar-refractivity contribution in [2.45, 2.75) is 0 Å². The predicted octanol–water partition coefficient (Wildman–Crippen LogP) is 3.42. The van der Waals surface area contributed by atoms with E-state index in [0.717, 1.165) is 22.3 Å². The third-order valence-corrected chi connectivity index (χ3v) is 2.82. The molecule has 16 heavy (non-hydrogen) atoms. The minimum atomic E-state index is 0.152. The maximum absolute atomic E-state index is 11.8. The molecule has 2 aromatic carbocycles. The Morgan fingerprint density at radius 3 is 2.12 bits per heavy atom. The van der Waals surface area contributed by atoms with Gasteiger partial charge in [-0.3, -0.25) is 4.79 Å². The Labute approximate surface area is 94.0 Å². The van der Waals surface area contributed by atoms with Crippen LogP contribution >= 0.6 is 0 Å². The molecule has 0 atom stereocenters. The molecule has 1 aliphatic carbocycles. The minimum Gasteiger partial charge on any atom is -0.289 e. The van der Waals surface area contributed by atoms with Gasteiger partial charge in [0.1, 0.15) is 0 Å². The van der Waals surface area contributed by atoms with Crippen LogP contribution in [0.15, 0.2) is 54.6 Å². The lowest BCUT2D eigenvalue weighted by atomic mass is 9.81. The fourth-order valence-corrected chi connectivity index (χ4v) is 1.98. The lowest BCUT2D eigenvalue weighted by Gasteiger charge is -2.20. The van der Waals surface area contributed by atoms with E-state index in [4.69, 9.17) is 0 Å². The number of rotatable bonds is 1. The number of hydrogen-bond donors (Lipinski definition) is 0. The molecule has 0 aromatic heterocycles. The molecule has 0 saturated heterocycles. The van der Waals surface area contributed by atoms with Gasteiger partial charge in [-0.2, -0.15) is 0 Å². The molecule has 0 aliphatic heterocycles. The SMILES string of the molecule is O=C1C(=Cc2ccccc2)c2ccccc21. The van der Waals surface area contributed by atoms with Crippen LogP contribution in [0.2, 0.25) is 0 Å². The number of fused-ring (bicyclic) bond motifs is 1. The van der Waals surface area contributed by atoms with E-state index >= 15 is 0 Å². The second kappa shape index (κ2) is 3.46. The van der Waals surface area contributed by atoms with Crippen molar-refractivity contribution in [3.05, 3.63) is 71.3 Å². The van der Waals surface area contributed by atoms with Crippen LogP contribution in [0.3, 0.4) is 0 Å². The van der Waals surface area contributed by atoms with Crippen molar-refractivity contribution < 1.29 is 4.79 Å². The van der Waals surface area contributed by atoms with E-state index in [1.54, 1.807) is 0 Å². The first-order valence-corrected chi connectivity index (χ1v) is 5.27. The maximum Gasteiger partial charge on any atom is 0.194 e. The molecule has 0 spiro atoms. The van der Waals surface area contributed by atoms with Crippen LogP contribution in [0.4, 0.5) is 0 Å². The molecule has 76 valence electrons. The highest BCUT2D eigenvalue weighted by Crippen LogP contribution is 2.35. The Morgan fingerprint density at radius 1 is 0.750 bits per heavy atom. The predicted molar refractivity (Wildman–Crippen MR) is 65.1 cm³/mol. The molecule has 1 aliphatic rings. The number of allylic oxidation sites excluding steroid dienone is 1. The van der Waals surface area contributed by atoms with Crippen LogP contribution in [0, 0.1) is 0 Å². The van der Waals surface area contributed by atoms with E-state index in [9.17, 15) is 4.79 Å². The van der Waals surface area contributed by atoms with E-state index < -0.39 is 0 Å². The average Bonchev–Trinajstić information content (AvgIpc) is 2.37. The van der Waals surface area contributed by atoms with Gasteiger partial charge in [-0.05, 0) is 17.2 Å². The zero-order chi connectivity index (χ0) is 11.0. The number of carbonyl (C=O) groups is 1. The highest BCUT2D eigenvalue weighted by atomic mass is 16.1. The fourth-order valence-electron chi connectivity index (χ4n) is 1.98. The van der Waals surface area contributed by atoms with Crippen LogP contribution in [0.1, 0.15) is 21.5 Å². The van der Waals surface area contributed by atoms with E-state index in [1.807, 2.05) is 60.7 Å². The van der Waals surface area contributed by atoms with Crippen LogP contribution in [0.5, 0.6) is 0 Å². The molecular weight excluding hydrogens is 196 g/mol. The number of ketones is 1. The van der Waals surface area contributed by atoms with E-state index in [-0.39, 0.29) is 5.78 Å². The molecule has 0 N–H and O–H groups in total. The molecule has 0 heterocycles. The van der Waals surface area contributed by atoms with Gasteiger partial charge in [-0.1, -0.05) is 54.6 Å². The Bertz CT molecular complexity index is 579. The number of benzene rings is 2. The molecule has 0 bridgehead atoms. The summed E-state index contributed by atoms with van der Waals surface area (Å²) in [7, 11) is 0. The Kier molecular flexibility index (Phi) is 1.97. The second-order valence-electron chi connectivity index (χ2n) is 3.84. The van der Waals surface area contributed by atoms with Crippen molar-refractivity contribution in [1.82, 2.24) is 0 Å². The lowest BCUT2D eigenvalue weighted by Crippen LogP contribution is -2.16. The molecular formula is C15H10O. The van der Waals surface area contributed by atoms with Gasteiger partial charge in [0, 0.05) is 11.1 Å². The summed E-state index contributed by atoms with van der Waals surface area (Å²) >= 11 is 0. The topological polar surface area (TPSA) is 17.1 Å². The molecule has 1 nitrogen and oxygen atoms in total. The second-order valence-corrected chi connectivity index (χ2v) is 3.84. The maximum atomic E-state index is 11.8. The minimum absolute atomic E-state index is 0.152. The Hall–Kier alpha value is -2.15. The van der Waals surface area contributed by atoms with Crippen molar-refractivity contribution in [2.24, 2.45) is 0 Å². The Balaban J connectivity index is 2.07. The van der Waals surface area contributed by atoms with Crippen molar-refractivity contribution in [3.8, 4) is 0 Å². The van der Waals surface area contributed by atoms with Gasteiger partial charge in [0.25, 0.3) is 0 Å². The molecule has 0 amide bonds. The third kappa shape index (κ3) is 1.29. The molecule has 0 saturated carbocycles. The van der Waals surface area contributed by atoms with Crippen LogP contribution < -0.4 is 0 Å². The van der Waals surface area contributed by atoms with Gasteiger partial charge in [0.15, 0.2) is 5.78 Å². The summed E-state index contributed by atoms with van der Waals surface area (Å²) in [5.74, 6) is 0.152. The molecule has 0 radical (unpaired) electrons. The van der Waals surface area contributed by atoms with Gasteiger partial charge in [-0.25, -0.2) is 0 Å². The molecule has 2 aromatic rings. The van der Waals surface area contributed by atoms with Crippen molar-refractivity contribution in [1.29, 1.82) is 0 Å². The summed E-state index contributed by atoms with van der Waals surface area (Å²) in [6.45, 7) is 0. The molecule has 0 fully saturated rings.